The number of benzene rings is 3. The highest BCUT2D eigenvalue weighted by atomic mass is 32.2. The van der Waals surface area contributed by atoms with E-state index in [1.54, 1.807) is 67.6 Å². The zero-order valence-corrected chi connectivity index (χ0v) is 17.9. The Morgan fingerprint density at radius 3 is 2.16 bits per heavy atom. The number of sulfonamides is 1. The summed E-state index contributed by atoms with van der Waals surface area (Å²) in [6.45, 7) is 1.76. The minimum atomic E-state index is -3.80. The smallest absolute Gasteiger partial charge is 0.279 e. The summed E-state index contributed by atoms with van der Waals surface area (Å²) < 4.78 is 24.1. The molecule has 32 heavy (non-hydrogen) atoms. The molecule has 1 amide bonds. The Kier molecular flexibility index (Phi) is 5.60. The van der Waals surface area contributed by atoms with Gasteiger partial charge in [0.05, 0.1) is 22.0 Å². The molecule has 0 spiro atoms. The fraction of sp³-hybridized carbons (Fsp3) is 0.0870. The maximum Gasteiger partial charge on any atom is 0.279 e. The average molecular weight is 449 g/mol. The maximum atomic E-state index is 13.2. The van der Waals surface area contributed by atoms with E-state index >= 15 is 0 Å². The van der Waals surface area contributed by atoms with Crippen molar-refractivity contribution in [2.24, 2.45) is 5.14 Å². The Balaban J connectivity index is 1.72. The number of aromatic nitrogens is 2. The summed E-state index contributed by atoms with van der Waals surface area (Å²) in [6.07, 6.45) is 0. The summed E-state index contributed by atoms with van der Waals surface area (Å²) in [6, 6.07) is 21.2. The lowest BCUT2D eigenvalue weighted by atomic mass is 10.1. The largest absolute Gasteiger partial charge is 0.344 e. The third-order valence-electron chi connectivity index (χ3n) is 5.08. The van der Waals surface area contributed by atoms with E-state index < -0.39 is 22.0 Å². The van der Waals surface area contributed by atoms with Crippen LogP contribution in [0, 0.1) is 0 Å². The van der Waals surface area contributed by atoms with E-state index in [0.717, 1.165) is 0 Å². The molecule has 0 bridgehead atoms. The average Bonchev–Trinajstić information content (AvgIpc) is 2.79. The van der Waals surface area contributed by atoms with Crippen LogP contribution in [-0.2, 0) is 10.0 Å². The Labute approximate surface area is 184 Å². The number of nitrogens with two attached hydrogens (primary N) is 1. The number of amides is 1. The first kappa shape index (κ1) is 21.4. The highest BCUT2D eigenvalue weighted by molar-refractivity contribution is 7.89. The van der Waals surface area contributed by atoms with Gasteiger partial charge in [-0.25, -0.2) is 13.6 Å². The van der Waals surface area contributed by atoms with Gasteiger partial charge in [-0.2, -0.15) is 9.78 Å². The molecule has 0 saturated heterocycles. The highest BCUT2D eigenvalue weighted by Gasteiger charge is 2.20. The van der Waals surface area contributed by atoms with Gasteiger partial charge in [0.15, 0.2) is 5.69 Å². The van der Waals surface area contributed by atoms with Gasteiger partial charge in [0.2, 0.25) is 10.0 Å². The lowest BCUT2D eigenvalue weighted by molar-refractivity contribution is 0.0935. The number of fused-ring (bicyclic) bond motifs is 1. The second-order valence-electron chi connectivity index (χ2n) is 7.26. The SMILES string of the molecule is C[C@@H](NC(=O)c1nn(-c2ccccc2)c(=O)c2ccccc12)c1ccc(S(N)(=O)=O)cc1. The summed E-state index contributed by atoms with van der Waals surface area (Å²) >= 11 is 0. The Hall–Kier alpha value is -3.82. The van der Waals surface area contributed by atoms with Gasteiger partial charge in [-0.1, -0.05) is 48.5 Å². The van der Waals surface area contributed by atoms with Crippen molar-refractivity contribution in [2.45, 2.75) is 17.9 Å². The van der Waals surface area contributed by atoms with E-state index in [-0.39, 0.29) is 16.1 Å². The molecule has 0 fully saturated rings. The summed E-state index contributed by atoms with van der Waals surface area (Å²) in [5.74, 6) is -0.464. The maximum absolute atomic E-state index is 13.2. The summed E-state index contributed by atoms with van der Waals surface area (Å²) in [5, 5.41) is 13.2. The minimum absolute atomic E-state index is 0.0117. The molecule has 162 valence electrons. The Morgan fingerprint density at radius 2 is 1.53 bits per heavy atom. The fourth-order valence-electron chi connectivity index (χ4n) is 3.40. The Bertz CT molecular complexity index is 1460. The first-order chi connectivity index (χ1) is 15.3. The van der Waals surface area contributed by atoms with Crippen LogP contribution in [0.3, 0.4) is 0 Å². The van der Waals surface area contributed by atoms with Crippen molar-refractivity contribution >= 4 is 26.7 Å². The molecule has 0 unspecified atom stereocenters. The normalized spacial score (nSPS) is 12.4. The predicted molar refractivity (Wildman–Crippen MR) is 121 cm³/mol. The standard InChI is InChI=1S/C23H20N4O4S/c1-15(16-11-13-18(14-12-16)32(24,30)31)25-22(28)21-19-9-5-6-10-20(19)23(29)27(26-21)17-7-3-2-4-8-17/h2-15H,1H3,(H,25,28)(H2,24,30,31)/t15-/m1/s1. The number of hydrogen-bond donors (Lipinski definition) is 2. The van der Waals surface area contributed by atoms with Crippen LogP contribution in [0.2, 0.25) is 0 Å². The molecule has 0 aliphatic carbocycles. The number of primary sulfonamides is 1. The number of hydrogen-bond acceptors (Lipinski definition) is 5. The molecule has 0 saturated carbocycles. The van der Waals surface area contributed by atoms with Gasteiger partial charge >= 0.3 is 0 Å². The zero-order chi connectivity index (χ0) is 22.9. The van der Waals surface area contributed by atoms with E-state index in [9.17, 15) is 18.0 Å². The monoisotopic (exact) mass is 448 g/mol. The van der Waals surface area contributed by atoms with Gasteiger partial charge in [0.1, 0.15) is 0 Å². The summed E-state index contributed by atoms with van der Waals surface area (Å²) in [4.78, 5) is 26.1. The predicted octanol–water partition coefficient (Wildman–Crippen LogP) is 2.52. The first-order valence-electron chi connectivity index (χ1n) is 9.77. The second kappa shape index (κ2) is 8.37. The van der Waals surface area contributed by atoms with Crippen molar-refractivity contribution in [3.8, 4) is 5.69 Å². The topological polar surface area (TPSA) is 124 Å². The lowest BCUT2D eigenvalue weighted by Crippen LogP contribution is -2.31. The van der Waals surface area contributed by atoms with Crippen LogP contribution in [0.1, 0.15) is 29.0 Å². The fourth-order valence-corrected chi connectivity index (χ4v) is 3.91. The first-order valence-corrected chi connectivity index (χ1v) is 11.3. The molecule has 9 heteroatoms. The van der Waals surface area contributed by atoms with Gasteiger partial charge in [0, 0.05) is 5.39 Å². The third-order valence-corrected chi connectivity index (χ3v) is 6.01. The van der Waals surface area contributed by atoms with Gasteiger partial charge in [-0.15, -0.1) is 0 Å². The summed E-state index contributed by atoms with van der Waals surface area (Å²) in [5.41, 5.74) is 1.02. The van der Waals surface area contributed by atoms with E-state index in [1.807, 2.05) is 6.07 Å². The third kappa shape index (κ3) is 4.16. The zero-order valence-electron chi connectivity index (χ0n) is 17.1. The Morgan fingerprint density at radius 1 is 0.938 bits per heavy atom. The molecule has 1 heterocycles. The molecule has 1 aromatic heterocycles. The number of para-hydroxylation sites is 1. The number of carbonyl (C=O) groups is 1. The van der Waals surface area contributed by atoms with Crippen molar-refractivity contribution in [1.82, 2.24) is 15.1 Å². The van der Waals surface area contributed by atoms with E-state index in [1.165, 1.54) is 16.8 Å². The molecule has 8 nitrogen and oxygen atoms in total. The van der Waals surface area contributed by atoms with Gasteiger partial charge in [-0.05, 0) is 42.8 Å². The molecule has 3 aromatic carbocycles. The second-order valence-corrected chi connectivity index (χ2v) is 8.82. The van der Waals surface area contributed by atoms with Crippen LogP contribution >= 0.6 is 0 Å². The number of nitrogens with zero attached hydrogens (tertiary/aromatic N) is 2. The van der Waals surface area contributed by atoms with Crippen LogP contribution in [0.4, 0.5) is 0 Å². The molecule has 0 radical (unpaired) electrons. The number of nitrogens with one attached hydrogen (secondary N) is 1. The van der Waals surface area contributed by atoms with Crippen LogP contribution in [0.25, 0.3) is 16.5 Å². The molecular formula is C23H20N4O4S. The van der Waals surface area contributed by atoms with Gasteiger partial charge < -0.3 is 5.32 Å². The van der Waals surface area contributed by atoms with E-state index in [0.29, 0.717) is 22.0 Å². The molecule has 1 atom stereocenters. The van der Waals surface area contributed by atoms with Crippen molar-refractivity contribution < 1.29 is 13.2 Å². The van der Waals surface area contributed by atoms with Crippen molar-refractivity contribution in [2.75, 3.05) is 0 Å². The quantitative estimate of drug-likeness (QED) is 0.485. The van der Waals surface area contributed by atoms with Gasteiger partial charge in [0.25, 0.3) is 11.5 Å². The molecule has 4 aromatic rings. The number of carbonyl (C=O) groups excluding carboxylic acids is 1. The van der Waals surface area contributed by atoms with Crippen LogP contribution in [-0.4, -0.2) is 24.1 Å². The van der Waals surface area contributed by atoms with Crippen LogP contribution < -0.4 is 16.0 Å². The molecule has 4 rings (SSSR count). The molecule has 0 aliphatic heterocycles. The molecular weight excluding hydrogens is 428 g/mol. The van der Waals surface area contributed by atoms with E-state index in [2.05, 4.69) is 10.4 Å². The summed E-state index contributed by atoms with van der Waals surface area (Å²) in [7, 11) is -3.80. The van der Waals surface area contributed by atoms with Crippen molar-refractivity contribution in [3.05, 3.63) is 100 Å². The van der Waals surface area contributed by atoms with Crippen LogP contribution in [0.15, 0.2) is 88.6 Å². The number of rotatable bonds is 5. The van der Waals surface area contributed by atoms with Crippen molar-refractivity contribution in [3.63, 3.8) is 0 Å². The highest BCUT2D eigenvalue weighted by Crippen LogP contribution is 2.19. The van der Waals surface area contributed by atoms with Gasteiger partial charge in [-0.3, -0.25) is 9.59 Å². The minimum Gasteiger partial charge on any atom is -0.344 e. The molecule has 0 aliphatic rings. The van der Waals surface area contributed by atoms with Crippen LogP contribution in [0.5, 0.6) is 0 Å². The molecule has 3 N–H and O–H groups in total. The lowest BCUT2D eigenvalue weighted by Gasteiger charge is -2.16. The van der Waals surface area contributed by atoms with E-state index in [4.69, 9.17) is 5.14 Å². The van der Waals surface area contributed by atoms with Crippen molar-refractivity contribution in [1.29, 1.82) is 0 Å².